The first-order chi connectivity index (χ1) is 9.60. The smallest absolute Gasteiger partial charge is 0.469 e. The van der Waals surface area contributed by atoms with Gasteiger partial charge >= 0.3 is 13.1 Å². The molecule has 1 aromatic carbocycles. The largest absolute Gasteiger partial charge is 0.488 e. The number of hydrogen-bond donors (Lipinski definition) is 2. The van der Waals surface area contributed by atoms with E-state index in [1.165, 1.54) is 12.7 Å². The molecule has 5 heteroatoms. The highest BCUT2D eigenvalue weighted by Gasteiger charge is 2.24. The van der Waals surface area contributed by atoms with E-state index in [0.29, 0.717) is 23.7 Å². The second kappa shape index (κ2) is 6.91. The summed E-state index contributed by atoms with van der Waals surface area (Å²) in [7, 11) is 0.0327. The van der Waals surface area contributed by atoms with Crippen LogP contribution < -0.4 is 5.46 Å². The van der Waals surface area contributed by atoms with E-state index in [2.05, 4.69) is 0 Å². The molecule has 0 aliphatic heterocycles. The van der Waals surface area contributed by atoms with E-state index in [1.807, 2.05) is 12.1 Å². The summed E-state index contributed by atoms with van der Waals surface area (Å²) >= 11 is 0. The van der Waals surface area contributed by atoms with Gasteiger partial charge in [-0.1, -0.05) is 24.3 Å². The maximum absolute atomic E-state index is 11.3. The highest BCUT2D eigenvalue weighted by Crippen LogP contribution is 2.36. The normalized spacial score (nSPS) is 22.4. The van der Waals surface area contributed by atoms with Crippen molar-refractivity contribution in [3.05, 3.63) is 29.8 Å². The minimum absolute atomic E-state index is 0.116. The minimum atomic E-state index is -1.40. The van der Waals surface area contributed by atoms with Crippen molar-refractivity contribution in [2.45, 2.75) is 38.0 Å². The van der Waals surface area contributed by atoms with Crippen LogP contribution in [0.25, 0.3) is 0 Å². The van der Waals surface area contributed by atoms with E-state index < -0.39 is 7.12 Å². The van der Waals surface area contributed by atoms with Gasteiger partial charge in [0.25, 0.3) is 0 Å². The Balaban J connectivity index is 1.88. The quantitative estimate of drug-likeness (QED) is 0.640. The van der Waals surface area contributed by atoms with Crippen LogP contribution in [0.4, 0.5) is 0 Å². The van der Waals surface area contributed by atoms with Crippen LogP contribution >= 0.6 is 0 Å². The second-order valence-electron chi connectivity index (χ2n) is 5.54. The molecule has 1 aliphatic carbocycles. The summed E-state index contributed by atoms with van der Waals surface area (Å²) in [6, 6.07) is 7.47. The van der Waals surface area contributed by atoms with Crippen molar-refractivity contribution >= 4 is 18.6 Å². The third kappa shape index (κ3) is 3.84. The van der Waals surface area contributed by atoms with Gasteiger partial charge in [-0.3, -0.25) is 4.79 Å². The Kier molecular flexibility index (Phi) is 5.20. The summed E-state index contributed by atoms with van der Waals surface area (Å²) in [4.78, 5) is 11.3. The molecular weight excluding hydrogens is 255 g/mol. The average Bonchev–Trinajstić information content (AvgIpc) is 2.48. The van der Waals surface area contributed by atoms with Crippen LogP contribution in [0, 0.1) is 5.92 Å². The second-order valence-corrected chi connectivity index (χ2v) is 5.54. The molecule has 1 saturated carbocycles. The molecule has 0 saturated heterocycles. The van der Waals surface area contributed by atoms with Crippen molar-refractivity contribution in [1.82, 2.24) is 0 Å². The monoisotopic (exact) mass is 276 g/mol. The number of benzene rings is 1. The maximum Gasteiger partial charge on any atom is 0.488 e. The number of carbonyl (C=O) groups excluding carboxylic acids is 1. The molecular formula is C15H21BO4. The molecule has 1 aliphatic rings. The lowest BCUT2D eigenvalue weighted by molar-refractivity contribution is -0.142. The van der Waals surface area contributed by atoms with Crippen molar-refractivity contribution in [1.29, 1.82) is 0 Å². The lowest BCUT2D eigenvalue weighted by Gasteiger charge is -2.28. The first kappa shape index (κ1) is 15.1. The molecule has 0 spiro atoms. The lowest BCUT2D eigenvalue weighted by atomic mass is 9.75. The Bertz CT molecular complexity index is 436. The molecule has 1 aromatic rings. The van der Waals surface area contributed by atoms with Gasteiger partial charge in [0.05, 0.1) is 7.11 Å². The zero-order chi connectivity index (χ0) is 14.5. The van der Waals surface area contributed by atoms with Gasteiger partial charge in [0, 0.05) is 6.42 Å². The highest BCUT2D eigenvalue weighted by molar-refractivity contribution is 6.58. The topological polar surface area (TPSA) is 66.8 Å². The fraction of sp³-hybridized carbons (Fsp3) is 0.533. The van der Waals surface area contributed by atoms with Crippen molar-refractivity contribution in [2.75, 3.05) is 7.11 Å². The average molecular weight is 276 g/mol. The molecule has 0 radical (unpaired) electrons. The SMILES string of the molecule is COC(=O)C[C@H]1CC[C@H](c2ccc(B(O)O)cc2)CC1. The zero-order valence-electron chi connectivity index (χ0n) is 11.8. The number of carbonyl (C=O) groups is 1. The van der Waals surface area contributed by atoms with E-state index in [9.17, 15) is 4.79 Å². The Morgan fingerprint density at radius 1 is 1.20 bits per heavy atom. The highest BCUT2D eigenvalue weighted by atomic mass is 16.5. The van der Waals surface area contributed by atoms with Crippen molar-refractivity contribution in [3.63, 3.8) is 0 Å². The molecule has 108 valence electrons. The summed E-state index contributed by atoms with van der Waals surface area (Å²) in [6.07, 6.45) is 4.76. The number of hydrogen-bond acceptors (Lipinski definition) is 4. The van der Waals surface area contributed by atoms with Crippen LogP contribution in [-0.4, -0.2) is 30.2 Å². The predicted octanol–water partition coefficient (Wildman–Crippen LogP) is 1.20. The van der Waals surface area contributed by atoms with Gasteiger partial charge in [-0.25, -0.2) is 0 Å². The van der Waals surface area contributed by atoms with Crippen LogP contribution in [0.15, 0.2) is 24.3 Å². The predicted molar refractivity (Wildman–Crippen MR) is 77.6 cm³/mol. The summed E-state index contributed by atoms with van der Waals surface area (Å²) < 4.78 is 4.71. The molecule has 4 nitrogen and oxygen atoms in total. The van der Waals surface area contributed by atoms with Gasteiger partial charge < -0.3 is 14.8 Å². The third-order valence-electron chi connectivity index (χ3n) is 4.24. The van der Waals surface area contributed by atoms with E-state index in [1.54, 1.807) is 12.1 Å². The molecule has 0 heterocycles. The van der Waals surface area contributed by atoms with Crippen LogP contribution in [0.2, 0.25) is 0 Å². The van der Waals surface area contributed by atoms with Gasteiger partial charge in [-0.2, -0.15) is 0 Å². The van der Waals surface area contributed by atoms with E-state index >= 15 is 0 Å². The molecule has 2 rings (SSSR count). The Morgan fingerprint density at radius 2 is 1.80 bits per heavy atom. The minimum Gasteiger partial charge on any atom is -0.469 e. The van der Waals surface area contributed by atoms with Crippen molar-refractivity contribution in [2.24, 2.45) is 5.92 Å². The fourth-order valence-corrected chi connectivity index (χ4v) is 2.96. The Labute approximate surface area is 119 Å². The Hall–Kier alpha value is -1.33. The third-order valence-corrected chi connectivity index (χ3v) is 4.24. The molecule has 0 aromatic heterocycles. The molecule has 2 N–H and O–H groups in total. The van der Waals surface area contributed by atoms with E-state index in [0.717, 1.165) is 25.7 Å². The van der Waals surface area contributed by atoms with Crippen molar-refractivity contribution < 1.29 is 19.6 Å². The summed E-state index contributed by atoms with van der Waals surface area (Å²) in [5.74, 6) is 0.834. The van der Waals surface area contributed by atoms with E-state index in [4.69, 9.17) is 14.8 Å². The molecule has 0 bridgehead atoms. The molecule has 0 amide bonds. The first-order valence-electron chi connectivity index (χ1n) is 7.13. The zero-order valence-corrected chi connectivity index (χ0v) is 11.8. The number of ether oxygens (including phenoxy) is 1. The van der Waals surface area contributed by atoms with Gasteiger partial charge in [0.2, 0.25) is 0 Å². The van der Waals surface area contributed by atoms with Gasteiger partial charge in [0.15, 0.2) is 0 Å². The summed E-state index contributed by atoms with van der Waals surface area (Å²) in [5, 5.41) is 18.2. The van der Waals surface area contributed by atoms with Crippen LogP contribution in [-0.2, 0) is 9.53 Å². The summed E-state index contributed by atoms with van der Waals surface area (Å²) in [6.45, 7) is 0. The molecule has 20 heavy (non-hydrogen) atoms. The Morgan fingerprint density at radius 3 is 2.30 bits per heavy atom. The van der Waals surface area contributed by atoms with Gasteiger partial charge in [-0.15, -0.1) is 0 Å². The number of esters is 1. The standard InChI is InChI=1S/C15H21BO4/c1-20-15(17)10-11-2-4-12(5-3-11)13-6-8-14(9-7-13)16(18)19/h6-9,11-12,18-19H,2-5,10H2,1H3/t11-,12-. The number of rotatable bonds is 4. The summed E-state index contributed by atoms with van der Waals surface area (Å²) in [5.41, 5.74) is 1.76. The van der Waals surface area contributed by atoms with Crippen molar-refractivity contribution in [3.8, 4) is 0 Å². The number of methoxy groups -OCH3 is 1. The first-order valence-corrected chi connectivity index (χ1v) is 7.13. The lowest BCUT2D eigenvalue weighted by Crippen LogP contribution is -2.29. The fourth-order valence-electron chi connectivity index (χ4n) is 2.96. The molecule has 0 atom stereocenters. The molecule has 0 unspecified atom stereocenters. The van der Waals surface area contributed by atoms with Gasteiger partial charge in [-0.05, 0) is 48.5 Å². The molecule has 1 fully saturated rings. The van der Waals surface area contributed by atoms with E-state index in [-0.39, 0.29) is 5.97 Å². The van der Waals surface area contributed by atoms with Gasteiger partial charge in [0.1, 0.15) is 0 Å². The van der Waals surface area contributed by atoms with Crippen LogP contribution in [0.1, 0.15) is 43.6 Å². The maximum atomic E-state index is 11.3. The van der Waals surface area contributed by atoms with Crippen LogP contribution in [0.3, 0.4) is 0 Å². The van der Waals surface area contributed by atoms with Crippen LogP contribution in [0.5, 0.6) is 0 Å².